The molecule has 0 fully saturated rings. The van der Waals surface area contributed by atoms with E-state index in [-0.39, 0.29) is 5.41 Å². The smallest absolute Gasteiger partial charge is 0.0158 e. The highest BCUT2D eigenvalue weighted by Gasteiger charge is 2.34. The summed E-state index contributed by atoms with van der Waals surface area (Å²) in [6, 6.07) is 26.2. The maximum absolute atomic E-state index is 2.30. The molecule has 0 saturated carbocycles. The van der Waals surface area contributed by atoms with Crippen LogP contribution in [0, 0.1) is 0 Å². The zero-order chi connectivity index (χ0) is 20.6. The highest BCUT2D eigenvalue weighted by Crippen LogP contribution is 2.47. The Labute approximate surface area is 172 Å². The van der Waals surface area contributed by atoms with Crippen LogP contribution in [0.25, 0.3) is 11.1 Å². The van der Waals surface area contributed by atoms with Crippen molar-refractivity contribution in [1.82, 2.24) is 0 Å². The van der Waals surface area contributed by atoms with Crippen molar-refractivity contribution >= 4 is 0 Å². The second-order valence-electron chi connectivity index (χ2n) is 7.34. The Bertz CT molecular complexity index is 800. The van der Waals surface area contributed by atoms with Gasteiger partial charge in [-0.15, -0.1) is 0 Å². The number of aryl methyl sites for hydroxylation is 2. The van der Waals surface area contributed by atoms with E-state index < -0.39 is 0 Å². The van der Waals surface area contributed by atoms with E-state index >= 15 is 0 Å². The molecule has 0 aromatic heterocycles. The van der Waals surface area contributed by atoms with Gasteiger partial charge in [-0.05, 0) is 52.6 Å². The minimum absolute atomic E-state index is 0.160. The van der Waals surface area contributed by atoms with Crippen LogP contribution in [0.5, 0.6) is 0 Å². The van der Waals surface area contributed by atoms with Gasteiger partial charge in [-0.2, -0.15) is 0 Å². The van der Waals surface area contributed by atoms with Crippen LogP contribution in [0.2, 0.25) is 0 Å². The monoisotopic (exact) mass is 372 g/mol. The van der Waals surface area contributed by atoms with Crippen molar-refractivity contribution in [2.24, 2.45) is 0 Å². The first-order chi connectivity index (χ1) is 13.7. The van der Waals surface area contributed by atoms with Gasteiger partial charge in [0.05, 0.1) is 0 Å². The molecule has 0 nitrogen and oxygen atoms in total. The maximum atomic E-state index is 2.30. The Morgan fingerprint density at radius 1 is 0.536 bits per heavy atom. The molecule has 3 aromatic carbocycles. The lowest BCUT2D eigenvalue weighted by Gasteiger charge is -2.20. The first-order valence-corrected chi connectivity index (χ1v) is 10.9. The molecule has 2 aliphatic rings. The lowest BCUT2D eigenvalue weighted by atomic mass is 9.82. The first kappa shape index (κ1) is 22.0. The fourth-order valence-corrected chi connectivity index (χ4v) is 4.19. The number of benzene rings is 3. The van der Waals surface area contributed by atoms with E-state index in [0.717, 1.165) is 0 Å². The molecule has 28 heavy (non-hydrogen) atoms. The number of hydrogen-bond donors (Lipinski definition) is 0. The average Bonchev–Trinajstić information content (AvgIpc) is 3.34. The zero-order valence-electron chi connectivity index (χ0n) is 18.5. The van der Waals surface area contributed by atoms with Crippen LogP contribution in [-0.2, 0) is 18.3 Å². The van der Waals surface area contributed by atoms with Crippen LogP contribution in [-0.4, -0.2) is 0 Å². The normalized spacial score (nSPS) is 13.9. The van der Waals surface area contributed by atoms with Gasteiger partial charge in [-0.25, -0.2) is 0 Å². The number of rotatable bonds is 0. The third kappa shape index (κ3) is 4.38. The van der Waals surface area contributed by atoms with Crippen molar-refractivity contribution in [2.75, 3.05) is 0 Å². The van der Waals surface area contributed by atoms with Crippen LogP contribution in [0.3, 0.4) is 0 Å². The molecule has 0 bridgehead atoms. The summed E-state index contributed by atoms with van der Waals surface area (Å²) >= 11 is 0. The number of fused-ring (bicyclic) bond motifs is 4. The molecular weight excluding hydrogens is 336 g/mol. The summed E-state index contributed by atoms with van der Waals surface area (Å²) in [4.78, 5) is 0. The van der Waals surface area contributed by atoms with Gasteiger partial charge < -0.3 is 0 Å². The third-order valence-corrected chi connectivity index (χ3v) is 5.50. The van der Waals surface area contributed by atoms with E-state index in [2.05, 4.69) is 86.6 Å². The molecule has 0 saturated heterocycles. The Kier molecular flexibility index (Phi) is 8.05. The molecule has 0 atom stereocenters. The van der Waals surface area contributed by atoms with Crippen molar-refractivity contribution in [3.05, 3.63) is 95.1 Å². The van der Waals surface area contributed by atoms with Crippen LogP contribution in [0.4, 0.5) is 0 Å². The topological polar surface area (TPSA) is 0 Å². The van der Waals surface area contributed by atoms with E-state index in [9.17, 15) is 0 Å². The van der Waals surface area contributed by atoms with E-state index in [1.54, 1.807) is 11.1 Å². The maximum Gasteiger partial charge on any atom is 0.0158 e. The van der Waals surface area contributed by atoms with Gasteiger partial charge in [0.15, 0.2) is 0 Å². The van der Waals surface area contributed by atoms with Gasteiger partial charge in [0.2, 0.25) is 0 Å². The summed E-state index contributed by atoms with van der Waals surface area (Å²) in [6.45, 7) is 12.6. The van der Waals surface area contributed by atoms with Gasteiger partial charge in [-0.3, -0.25) is 0 Å². The standard InChI is InChI=1S/C15H14.C9H10.2C2H6/c1-15(2)13-9-5-3-7-11(13)12-8-4-6-10-14(12)15;1-2-5-9-7-3-6-8(9)4-1;2*1-2/h3-10H,1-2H3;1-2,4-5H,3,6-7H2;2*1-2H3. The summed E-state index contributed by atoms with van der Waals surface area (Å²) < 4.78 is 0. The fourth-order valence-electron chi connectivity index (χ4n) is 4.19. The quantitative estimate of drug-likeness (QED) is 0.373. The van der Waals surface area contributed by atoms with E-state index in [4.69, 9.17) is 0 Å². The summed E-state index contributed by atoms with van der Waals surface area (Å²) in [7, 11) is 0. The van der Waals surface area contributed by atoms with Gasteiger partial charge in [-0.1, -0.05) is 114 Å². The van der Waals surface area contributed by atoms with Crippen molar-refractivity contribution in [1.29, 1.82) is 0 Å². The molecule has 0 aliphatic heterocycles. The van der Waals surface area contributed by atoms with Crippen molar-refractivity contribution in [3.8, 4) is 11.1 Å². The molecule has 0 N–H and O–H groups in total. The van der Waals surface area contributed by atoms with Crippen LogP contribution in [0.1, 0.15) is 70.2 Å². The van der Waals surface area contributed by atoms with Gasteiger partial charge in [0.25, 0.3) is 0 Å². The zero-order valence-corrected chi connectivity index (χ0v) is 18.5. The molecule has 3 aromatic rings. The lowest BCUT2D eigenvalue weighted by Crippen LogP contribution is -2.14. The second-order valence-corrected chi connectivity index (χ2v) is 7.34. The molecule has 2 aliphatic carbocycles. The molecule has 148 valence electrons. The molecule has 0 amide bonds. The van der Waals surface area contributed by atoms with Crippen LogP contribution in [0.15, 0.2) is 72.8 Å². The van der Waals surface area contributed by atoms with E-state index in [1.807, 2.05) is 27.7 Å². The fraction of sp³-hybridized carbons (Fsp3) is 0.357. The van der Waals surface area contributed by atoms with Crippen molar-refractivity contribution in [2.45, 2.75) is 66.2 Å². The first-order valence-electron chi connectivity index (χ1n) is 10.9. The second kappa shape index (κ2) is 10.3. The SMILES string of the molecule is CC.CC.CC1(C)c2ccccc2-c2ccccc21.c1ccc2c(c1)CCC2. The van der Waals surface area contributed by atoms with Crippen LogP contribution >= 0.6 is 0 Å². The molecule has 0 spiro atoms. The minimum atomic E-state index is 0.160. The average molecular weight is 373 g/mol. The van der Waals surface area contributed by atoms with Gasteiger partial charge in [0, 0.05) is 5.41 Å². The molecule has 0 heteroatoms. The van der Waals surface area contributed by atoms with E-state index in [0.29, 0.717) is 0 Å². The predicted octanol–water partition coefficient (Wildman–Crippen LogP) is 8.22. The van der Waals surface area contributed by atoms with Gasteiger partial charge >= 0.3 is 0 Å². The summed E-state index contributed by atoms with van der Waals surface area (Å²) in [5.74, 6) is 0. The van der Waals surface area contributed by atoms with Gasteiger partial charge in [0.1, 0.15) is 0 Å². The summed E-state index contributed by atoms with van der Waals surface area (Å²) in [5.41, 5.74) is 9.00. The lowest BCUT2D eigenvalue weighted by molar-refractivity contribution is 0.660. The Balaban J connectivity index is 0.000000185. The third-order valence-electron chi connectivity index (χ3n) is 5.50. The highest BCUT2D eigenvalue weighted by molar-refractivity contribution is 5.80. The molecule has 0 unspecified atom stereocenters. The predicted molar refractivity (Wildman–Crippen MR) is 125 cm³/mol. The molecule has 5 rings (SSSR count). The Morgan fingerprint density at radius 2 is 0.893 bits per heavy atom. The van der Waals surface area contributed by atoms with Crippen molar-refractivity contribution < 1.29 is 0 Å². The Hall–Kier alpha value is -2.34. The highest BCUT2D eigenvalue weighted by atomic mass is 14.4. The summed E-state index contributed by atoms with van der Waals surface area (Å²) in [6.07, 6.45) is 3.96. The minimum Gasteiger partial charge on any atom is -0.0683 e. The molecular formula is C28H36. The molecule has 0 heterocycles. The van der Waals surface area contributed by atoms with Crippen molar-refractivity contribution in [3.63, 3.8) is 0 Å². The number of hydrogen-bond acceptors (Lipinski definition) is 0. The Morgan fingerprint density at radius 3 is 1.32 bits per heavy atom. The van der Waals surface area contributed by atoms with E-state index in [1.165, 1.54) is 41.5 Å². The van der Waals surface area contributed by atoms with Crippen LogP contribution < -0.4 is 0 Å². The largest absolute Gasteiger partial charge is 0.0683 e. The summed E-state index contributed by atoms with van der Waals surface area (Å²) in [5, 5.41) is 0. The molecule has 0 radical (unpaired) electrons.